The molecule has 0 aliphatic carbocycles. The van der Waals surface area contributed by atoms with E-state index in [1.807, 2.05) is 0 Å². The summed E-state index contributed by atoms with van der Waals surface area (Å²) in [4.78, 5) is 10.2. The van der Waals surface area contributed by atoms with Gasteiger partial charge >= 0.3 is 5.97 Å². The lowest BCUT2D eigenvalue weighted by Gasteiger charge is -2.03. The molecule has 1 rings (SSSR count). The van der Waals surface area contributed by atoms with Crippen LogP contribution in [0.2, 0.25) is 5.02 Å². The summed E-state index contributed by atoms with van der Waals surface area (Å²) in [7, 11) is 0. The predicted molar refractivity (Wildman–Crippen MR) is 47.6 cm³/mol. The standard InChI is InChI=1S/C9H7ClF2O2/c10-6-1-5(2-7(11)4-6)3-8(12)9(13)14/h1-2,4,8H,3H2,(H,13,14). The number of hydrogen-bond donors (Lipinski definition) is 1. The highest BCUT2D eigenvalue weighted by atomic mass is 35.5. The van der Waals surface area contributed by atoms with E-state index in [1.165, 1.54) is 6.07 Å². The van der Waals surface area contributed by atoms with Gasteiger partial charge < -0.3 is 5.11 Å². The SMILES string of the molecule is O=C(O)C(F)Cc1cc(F)cc(Cl)c1. The first kappa shape index (κ1) is 10.9. The molecule has 76 valence electrons. The highest BCUT2D eigenvalue weighted by Crippen LogP contribution is 2.16. The Morgan fingerprint density at radius 2 is 2.14 bits per heavy atom. The second-order valence-corrected chi connectivity index (χ2v) is 3.22. The molecule has 1 N–H and O–H groups in total. The van der Waals surface area contributed by atoms with E-state index < -0.39 is 18.0 Å². The Bertz CT molecular complexity index is 334. The highest BCUT2D eigenvalue weighted by Gasteiger charge is 2.16. The molecule has 1 aromatic rings. The van der Waals surface area contributed by atoms with E-state index in [0.29, 0.717) is 0 Å². The first-order valence-electron chi connectivity index (χ1n) is 3.81. The van der Waals surface area contributed by atoms with Crippen molar-refractivity contribution in [1.82, 2.24) is 0 Å². The van der Waals surface area contributed by atoms with Crippen molar-refractivity contribution in [2.45, 2.75) is 12.6 Å². The van der Waals surface area contributed by atoms with Crippen LogP contribution >= 0.6 is 11.6 Å². The van der Waals surface area contributed by atoms with Gasteiger partial charge in [-0.3, -0.25) is 0 Å². The van der Waals surface area contributed by atoms with Crippen LogP contribution in [0.15, 0.2) is 18.2 Å². The Balaban J connectivity index is 2.81. The van der Waals surface area contributed by atoms with Crippen LogP contribution in [0.4, 0.5) is 8.78 Å². The third-order valence-corrected chi connectivity index (χ3v) is 1.82. The van der Waals surface area contributed by atoms with Crippen molar-refractivity contribution >= 4 is 17.6 Å². The summed E-state index contributed by atoms with van der Waals surface area (Å²) in [5.41, 5.74) is 0.227. The molecule has 0 fully saturated rings. The van der Waals surface area contributed by atoms with Crippen LogP contribution in [-0.4, -0.2) is 17.2 Å². The molecule has 1 atom stereocenters. The van der Waals surface area contributed by atoms with E-state index in [9.17, 15) is 13.6 Å². The topological polar surface area (TPSA) is 37.3 Å². The van der Waals surface area contributed by atoms with Crippen LogP contribution in [0.1, 0.15) is 5.56 Å². The average molecular weight is 221 g/mol. The third-order valence-electron chi connectivity index (χ3n) is 1.61. The number of aliphatic carboxylic acids is 1. The average Bonchev–Trinajstić information content (AvgIpc) is 2.01. The van der Waals surface area contributed by atoms with Gasteiger partial charge in [-0.1, -0.05) is 11.6 Å². The van der Waals surface area contributed by atoms with Crippen molar-refractivity contribution in [3.8, 4) is 0 Å². The summed E-state index contributed by atoms with van der Waals surface area (Å²) in [6.45, 7) is 0. The molecule has 0 aromatic heterocycles. The van der Waals surface area contributed by atoms with Gasteiger partial charge in [0.05, 0.1) is 0 Å². The van der Waals surface area contributed by atoms with E-state index in [-0.39, 0.29) is 17.0 Å². The Hall–Kier alpha value is -1.16. The van der Waals surface area contributed by atoms with Crippen LogP contribution in [0.5, 0.6) is 0 Å². The van der Waals surface area contributed by atoms with Gasteiger partial charge in [0.2, 0.25) is 6.17 Å². The largest absolute Gasteiger partial charge is 0.479 e. The number of rotatable bonds is 3. The minimum atomic E-state index is -2.03. The Kier molecular flexibility index (Phi) is 3.41. The monoisotopic (exact) mass is 220 g/mol. The minimum Gasteiger partial charge on any atom is -0.479 e. The van der Waals surface area contributed by atoms with E-state index in [0.717, 1.165) is 12.1 Å². The van der Waals surface area contributed by atoms with Crippen LogP contribution < -0.4 is 0 Å². The lowest BCUT2D eigenvalue weighted by Crippen LogP contribution is -2.17. The second kappa shape index (κ2) is 4.37. The quantitative estimate of drug-likeness (QED) is 0.850. The van der Waals surface area contributed by atoms with Gasteiger partial charge in [0.25, 0.3) is 0 Å². The number of halogens is 3. The van der Waals surface area contributed by atoms with Gasteiger partial charge in [0, 0.05) is 11.4 Å². The molecular weight excluding hydrogens is 214 g/mol. The molecular formula is C9H7ClF2O2. The number of hydrogen-bond acceptors (Lipinski definition) is 1. The molecule has 5 heteroatoms. The van der Waals surface area contributed by atoms with E-state index in [2.05, 4.69) is 0 Å². The zero-order chi connectivity index (χ0) is 10.7. The summed E-state index contributed by atoms with van der Waals surface area (Å²) in [5, 5.41) is 8.40. The van der Waals surface area contributed by atoms with Gasteiger partial charge in [0.15, 0.2) is 0 Å². The van der Waals surface area contributed by atoms with Crippen molar-refractivity contribution in [3.05, 3.63) is 34.6 Å². The number of carboxylic acids is 1. The third kappa shape index (κ3) is 2.96. The van der Waals surface area contributed by atoms with Crippen molar-refractivity contribution < 1.29 is 18.7 Å². The molecule has 0 saturated carbocycles. The molecule has 0 radical (unpaired) electrons. The first-order chi connectivity index (χ1) is 6.49. The minimum absolute atomic E-state index is 0.123. The number of benzene rings is 1. The summed E-state index contributed by atoms with van der Waals surface area (Å²) in [6.07, 6.45) is -2.42. The molecule has 1 unspecified atom stereocenters. The molecule has 14 heavy (non-hydrogen) atoms. The van der Waals surface area contributed by atoms with Crippen molar-refractivity contribution in [2.75, 3.05) is 0 Å². The highest BCUT2D eigenvalue weighted by molar-refractivity contribution is 6.30. The van der Waals surface area contributed by atoms with E-state index in [4.69, 9.17) is 16.7 Å². The molecule has 2 nitrogen and oxygen atoms in total. The molecule has 0 heterocycles. The molecule has 0 bridgehead atoms. The van der Waals surface area contributed by atoms with E-state index in [1.54, 1.807) is 0 Å². The van der Waals surface area contributed by atoms with Crippen molar-refractivity contribution in [1.29, 1.82) is 0 Å². The molecule has 0 amide bonds. The first-order valence-corrected chi connectivity index (χ1v) is 4.18. The smallest absolute Gasteiger partial charge is 0.338 e. The van der Waals surface area contributed by atoms with Crippen LogP contribution in [0, 0.1) is 5.82 Å². The fourth-order valence-corrected chi connectivity index (χ4v) is 1.27. The molecule has 0 aliphatic heterocycles. The van der Waals surface area contributed by atoms with Gasteiger partial charge in [-0.25, -0.2) is 13.6 Å². The Labute approximate surface area is 84.1 Å². The maximum absolute atomic E-state index is 12.7. The molecule has 0 aliphatic rings. The summed E-state index contributed by atoms with van der Waals surface area (Å²) < 4.78 is 25.4. The summed E-state index contributed by atoms with van der Waals surface area (Å²) in [6, 6.07) is 3.46. The molecule has 0 saturated heterocycles. The second-order valence-electron chi connectivity index (χ2n) is 2.79. The van der Waals surface area contributed by atoms with Gasteiger partial charge in [-0.05, 0) is 23.8 Å². The number of carbonyl (C=O) groups is 1. The Morgan fingerprint density at radius 1 is 1.50 bits per heavy atom. The lowest BCUT2D eigenvalue weighted by atomic mass is 10.1. The lowest BCUT2D eigenvalue weighted by molar-refractivity contribution is -0.142. The van der Waals surface area contributed by atoms with Gasteiger partial charge in [0.1, 0.15) is 5.82 Å². The Morgan fingerprint density at radius 3 is 2.64 bits per heavy atom. The predicted octanol–water partition coefficient (Wildman–Crippen LogP) is 2.44. The fraction of sp³-hybridized carbons (Fsp3) is 0.222. The van der Waals surface area contributed by atoms with E-state index >= 15 is 0 Å². The maximum Gasteiger partial charge on any atom is 0.338 e. The molecule has 1 aromatic carbocycles. The van der Waals surface area contributed by atoms with Crippen molar-refractivity contribution in [3.63, 3.8) is 0 Å². The van der Waals surface area contributed by atoms with Crippen molar-refractivity contribution in [2.24, 2.45) is 0 Å². The van der Waals surface area contributed by atoms with Gasteiger partial charge in [-0.15, -0.1) is 0 Å². The number of carboxylic acid groups (broad SMARTS) is 1. The zero-order valence-corrected chi connectivity index (χ0v) is 7.76. The maximum atomic E-state index is 12.7. The zero-order valence-electron chi connectivity index (χ0n) is 7.01. The summed E-state index contributed by atoms with van der Waals surface area (Å²) >= 11 is 5.50. The van der Waals surface area contributed by atoms with Crippen LogP contribution in [0.3, 0.4) is 0 Å². The van der Waals surface area contributed by atoms with Crippen LogP contribution in [0.25, 0.3) is 0 Å². The number of alkyl halides is 1. The normalized spacial score (nSPS) is 12.5. The van der Waals surface area contributed by atoms with Gasteiger partial charge in [-0.2, -0.15) is 0 Å². The van der Waals surface area contributed by atoms with Crippen LogP contribution in [-0.2, 0) is 11.2 Å². The fourth-order valence-electron chi connectivity index (χ4n) is 1.02. The molecule has 0 spiro atoms. The summed E-state index contributed by atoms with van der Waals surface area (Å²) in [5.74, 6) is -2.17.